The van der Waals surface area contributed by atoms with Crippen LogP contribution in [0.3, 0.4) is 0 Å². The van der Waals surface area contributed by atoms with Crippen LogP contribution in [0.2, 0.25) is 0 Å². The first-order valence-electron chi connectivity index (χ1n) is 16.5. The summed E-state index contributed by atoms with van der Waals surface area (Å²) in [6.07, 6.45) is 4.43. The number of anilines is 3. The van der Waals surface area contributed by atoms with Gasteiger partial charge in [0.2, 0.25) is 0 Å². The number of alkyl halides is 3. The summed E-state index contributed by atoms with van der Waals surface area (Å²) in [6, 6.07) is 7.93. The van der Waals surface area contributed by atoms with Crippen LogP contribution in [0.25, 0.3) is 16.9 Å². The lowest BCUT2D eigenvalue weighted by Crippen LogP contribution is -2.58. The number of pyridine rings is 1. The Labute approximate surface area is 274 Å². The summed E-state index contributed by atoms with van der Waals surface area (Å²) in [6.45, 7) is 2.51. The Morgan fingerprint density at radius 3 is 2.60 bits per heavy atom. The molecule has 3 N–H and O–H groups in total. The highest BCUT2D eigenvalue weighted by Gasteiger charge is 2.56. The van der Waals surface area contributed by atoms with Gasteiger partial charge >= 0.3 is 0 Å². The number of amides is 1. The van der Waals surface area contributed by atoms with Gasteiger partial charge in [0, 0.05) is 55.5 Å². The Bertz CT molecular complexity index is 1870. The van der Waals surface area contributed by atoms with Gasteiger partial charge in [0.05, 0.1) is 30.2 Å². The van der Waals surface area contributed by atoms with E-state index in [1.54, 1.807) is 19.3 Å². The Morgan fingerprint density at radius 1 is 1.08 bits per heavy atom. The lowest BCUT2D eigenvalue weighted by atomic mass is 9.69. The third kappa shape index (κ3) is 5.34. The van der Waals surface area contributed by atoms with E-state index in [1.165, 1.54) is 22.8 Å². The third-order valence-electron chi connectivity index (χ3n) is 10.5. The van der Waals surface area contributed by atoms with Gasteiger partial charge in [0.15, 0.2) is 17.2 Å². The number of nitrogens with one attached hydrogen (secondary N) is 3. The van der Waals surface area contributed by atoms with E-state index in [0.29, 0.717) is 92.5 Å². The molecule has 6 heterocycles. The Morgan fingerprint density at radius 2 is 1.90 bits per heavy atom. The van der Waals surface area contributed by atoms with Crippen LogP contribution in [0, 0.1) is 11.2 Å². The number of hydrogen-bond acceptors (Lipinski definition) is 8. The van der Waals surface area contributed by atoms with E-state index in [0.717, 1.165) is 11.1 Å². The first-order chi connectivity index (χ1) is 23.1. The van der Waals surface area contributed by atoms with Crippen molar-refractivity contribution in [3.63, 3.8) is 0 Å². The number of fused-ring (bicyclic) bond motifs is 2. The van der Waals surface area contributed by atoms with E-state index in [2.05, 4.69) is 25.9 Å². The second kappa shape index (κ2) is 11.7. The van der Waals surface area contributed by atoms with Crippen LogP contribution in [0.4, 0.5) is 34.8 Å². The summed E-state index contributed by atoms with van der Waals surface area (Å²) in [7, 11) is 1.73. The fourth-order valence-corrected chi connectivity index (χ4v) is 7.59. The van der Waals surface area contributed by atoms with Crippen LogP contribution in [-0.2, 0) is 13.0 Å². The lowest BCUT2D eigenvalue weighted by molar-refractivity contribution is -0.181. The molecule has 0 radical (unpaired) electrons. The molecule has 1 saturated carbocycles. The largest absolute Gasteiger partial charge is 0.385 e. The highest BCUT2D eigenvalue weighted by molar-refractivity contribution is 5.94. The average molecular weight is 664 g/mol. The Balaban J connectivity index is 1.04. The summed E-state index contributed by atoms with van der Waals surface area (Å²) in [5.74, 6) is -3.17. The summed E-state index contributed by atoms with van der Waals surface area (Å²) in [4.78, 5) is 25.6. The molecule has 1 spiro atoms. The molecule has 10 nitrogen and oxygen atoms in total. The van der Waals surface area contributed by atoms with Gasteiger partial charge in [-0.2, -0.15) is 0 Å². The molecule has 0 bridgehead atoms. The maximum atomic E-state index is 15.4. The molecule has 2 atom stereocenters. The highest BCUT2D eigenvalue weighted by atomic mass is 19.3. The smallest absolute Gasteiger partial charge is 0.271 e. The molecule has 4 aliphatic rings. The molecular weight excluding hydrogens is 626 g/mol. The molecule has 1 aliphatic carbocycles. The molecule has 2 saturated heterocycles. The van der Waals surface area contributed by atoms with Gasteiger partial charge in [0.1, 0.15) is 12.0 Å². The monoisotopic (exact) mass is 663 g/mol. The number of aromatic nitrogens is 4. The lowest BCUT2D eigenvalue weighted by Gasteiger charge is -2.49. The average Bonchev–Trinajstić information content (AvgIpc) is 3.41. The summed E-state index contributed by atoms with van der Waals surface area (Å²) in [5, 5.41) is 13.7. The number of nitrogens with zero attached hydrogens (tertiary/aromatic N) is 6. The number of rotatable bonds is 7. The fraction of sp³-hybridized carbons (Fsp3) is 0.471. The summed E-state index contributed by atoms with van der Waals surface area (Å²) in [5.41, 5.74) is 3.92. The molecule has 8 rings (SSSR count). The van der Waals surface area contributed by atoms with Crippen LogP contribution in [0.1, 0.15) is 47.3 Å². The standard InChI is InChI=1S/C34H37F4N9O/c1-39-27-15-30(44-47-29(17-42-31(27)47)32(48)43-26-14-24(26)36)46-10-4-22-23(12-21(35)13-28(22)46)25-3-2-20(16-41-25)18-45-11-7-33(34(37,38)19-45)5-8-40-9-6-33/h2-3,12-13,15-17,24,26,39-40H,4-11,14,18-19H2,1H3,(H,43,48)/t24-,26+/m0/s1. The minimum atomic E-state index is -2.75. The van der Waals surface area contributed by atoms with Crippen LogP contribution in [0.5, 0.6) is 0 Å². The van der Waals surface area contributed by atoms with Crippen LogP contribution in [-0.4, -0.2) is 88.3 Å². The SMILES string of the molecule is CNc1cc(N2CCc3c(-c4ccc(CN5CCC6(CCNCC6)C(F)(F)C5)cn4)cc(F)cc32)nn2c(C(=O)N[C@@H]3C[C@@H]3F)cnc12. The van der Waals surface area contributed by atoms with E-state index in [-0.39, 0.29) is 18.7 Å². The summed E-state index contributed by atoms with van der Waals surface area (Å²) >= 11 is 0. The molecule has 1 amide bonds. The van der Waals surface area contributed by atoms with Crippen molar-refractivity contribution in [2.75, 3.05) is 50.0 Å². The molecule has 4 aromatic rings. The van der Waals surface area contributed by atoms with Crippen molar-refractivity contribution >= 4 is 28.7 Å². The van der Waals surface area contributed by atoms with Gasteiger partial charge in [-0.05, 0) is 74.6 Å². The second-order valence-electron chi connectivity index (χ2n) is 13.5. The van der Waals surface area contributed by atoms with Crippen molar-refractivity contribution in [2.24, 2.45) is 5.41 Å². The van der Waals surface area contributed by atoms with Gasteiger partial charge in [0.25, 0.3) is 11.8 Å². The van der Waals surface area contributed by atoms with E-state index in [1.807, 2.05) is 21.9 Å². The molecule has 3 fully saturated rings. The van der Waals surface area contributed by atoms with Crippen molar-refractivity contribution < 1.29 is 22.4 Å². The van der Waals surface area contributed by atoms with Crippen LogP contribution < -0.4 is 20.9 Å². The van der Waals surface area contributed by atoms with E-state index in [4.69, 9.17) is 5.10 Å². The number of carbonyl (C=O) groups is 1. The number of piperidine rings is 2. The Kier molecular flexibility index (Phi) is 7.55. The van der Waals surface area contributed by atoms with Crippen LogP contribution >= 0.6 is 0 Å². The normalized spacial score (nSPS) is 23.0. The molecule has 14 heteroatoms. The van der Waals surface area contributed by atoms with Crippen molar-refractivity contribution in [1.82, 2.24) is 35.1 Å². The number of benzene rings is 1. The quantitative estimate of drug-likeness (QED) is 0.245. The molecule has 0 unspecified atom stereocenters. The van der Waals surface area contributed by atoms with Crippen molar-refractivity contribution in [3.05, 3.63) is 65.4 Å². The molecule has 252 valence electrons. The maximum absolute atomic E-state index is 15.4. The third-order valence-corrected chi connectivity index (χ3v) is 10.5. The second-order valence-corrected chi connectivity index (χ2v) is 13.5. The van der Waals surface area contributed by atoms with Gasteiger partial charge < -0.3 is 20.9 Å². The number of halogens is 4. The minimum absolute atomic E-state index is 0.171. The molecular formula is C34H37F4N9O. The predicted octanol–water partition coefficient (Wildman–Crippen LogP) is 4.72. The van der Waals surface area contributed by atoms with Gasteiger partial charge in [-0.15, -0.1) is 5.10 Å². The molecule has 3 aliphatic heterocycles. The van der Waals surface area contributed by atoms with Crippen molar-refractivity contribution in [3.8, 4) is 11.3 Å². The molecule has 3 aromatic heterocycles. The minimum Gasteiger partial charge on any atom is -0.385 e. The topological polar surface area (TPSA) is 103 Å². The zero-order valence-corrected chi connectivity index (χ0v) is 26.6. The van der Waals surface area contributed by atoms with Crippen LogP contribution in [0.15, 0.2) is 42.7 Å². The van der Waals surface area contributed by atoms with Crippen molar-refractivity contribution in [2.45, 2.75) is 56.8 Å². The maximum Gasteiger partial charge on any atom is 0.271 e. The van der Waals surface area contributed by atoms with E-state index in [9.17, 15) is 9.18 Å². The number of imidazole rings is 1. The first kappa shape index (κ1) is 31.0. The highest BCUT2D eigenvalue weighted by Crippen LogP contribution is 2.50. The molecule has 1 aromatic carbocycles. The van der Waals surface area contributed by atoms with E-state index < -0.39 is 35.3 Å². The van der Waals surface area contributed by atoms with Crippen molar-refractivity contribution in [1.29, 1.82) is 0 Å². The number of carbonyl (C=O) groups excluding carboxylic acids is 1. The predicted molar refractivity (Wildman–Crippen MR) is 173 cm³/mol. The fourth-order valence-electron chi connectivity index (χ4n) is 7.59. The molecule has 48 heavy (non-hydrogen) atoms. The van der Waals surface area contributed by atoms with Gasteiger partial charge in [-0.1, -0.05) is 6.07 Å². The first-order valence-corrected chi connectivity index (χ1v) is 16.5. The Hall–Kier alpha value is -4.30. The van der Waals surface area contributed by atoms with Gasteiger partial charge in [-0.3, -0.25) is 14.7 Å². The number of hydrogen-bond donors (Lipinski definition) is 3. The number of likely N-dealkylation sites (tertiary alicyclic amines) is 1. The van der Waals surface area contributed by atoms with E-state index >= 15 is 13.2 Å². The van der Waals surface area contributed by atoms with Gasteiger partial charge in [-0.25, -0.2) is 27.1 Å². The zero-order valence-electron chi connectivity index (χ0n) is 26.6. The zero-order chi connectivity index (χ0) is 33.2. The summed E-state index contributed by atoms with van der Waals surface area (Å²) < 4.78 is 60.8.